The van der Waals surface area contributed by atoms with E-state index in [-0.39, 0.29) is 0 Å². The van der Waals surface area contributed by atoms with E-state index in [4.69, 9.17) is 0 Å². The molecule has 22 heavy (non-hydrogen) atoms. The van der Waals surface area contributed by atoms with Crippen LogP contribution >= 0.6 is 0 Å². The first-order valence-electron chi connectivity index (χ1n) is 9.11. The molecule has 2 aliphatic heterocycles. The third-order valence-corrected chi connectivity index (χ3v) is 5.88. The molecule has 2 heterocycles. The third-order valence-electron chi connectivity index (χ3n) is 5.88. The molecule has 0 radical (unpaired) electrons. The van der Waals surface area contributed by atoms with E-state index in [0.29, 0.717) is 0 Å². The molecule has 1 aromatic rings. The fraction of sp³-hybridized carbons (Fsp3) is 0.619. The highest BCUT2D eigenvalue weighted by Gasteiger charge is 2.37. The van der Waals surface area contributed by atoms with E-state index in [9.17, 15) is 0 Å². The predicted molar refractivity (Wildman–Crippen MR) is 95.9 cm³/mol. The van der Waals surface area contributed by atoms with Gasteiger partial charge in [0.25, 0.3) is 0 Å². The number of nitrogens with zero attached hydrogens (tertiary/aromatic N) is 1. The Bertz CT molecular complexity index is 545. The molecule has 1 nitrogen and oxygen atoms in total. The zero-order valence-corrected chi connectivity index (χ0v) is 14.7. The van der Waals surface area contributed by atoms with E-state index in [1.54, 1.807) is 5.57 Å². The van der Waals surface area contributed by atoms with Crippen molar-refractivity contribution < 1.29 is 0 Å². The van der Waals surface area contributed by atoms with Crippen LogP contribution in [-0.4, -0.2) is 24.0 Å². The zero-order valence-electron chi connectivity index (χ0n) is 14.7. The highest BCUT2D eigenvalue weighted by molar-refractivity contribution is 5.69. The lowest BCUT2D eigenvalue weighted by molar-refractivity contribution is 0.0512. The Hall–Kier alpha value is -1.08. The van der Waals surface area contributed by atoms with E-state index < -0.39 is 0 Å². The number of fused-ring (bicyclic) bond motifs is 2. The van der Waals surface area contributed by atoms with Crippen LogP contribution in [-0.2, 0) is 0 Å². The van der Waals surface area contributed by atoms with Crippen LogP contribution in [0.2, 0.25) is 0 Å². The average molecular weight is 297 g/mol. The van der Waals surface area contributed by atoms with Crippen LogP contribution in [0.3, 0.4) is 0 Å². The third kappa shape index (κ3) is 3.01. The summed E-state index contributed by atoms with van der Waals surface area (Å²) in [6.07, 6.45) is 6.51. The SMILES string of the molecule is CCC(C)C1C2C=C(c3ccccc3C)CCN1CC(C)C2. The van der Waals surface area contributed by atoms with Crippen molar-refractivity contribution in [3.8, 4) is 0 Å². The minimum Gasteiger partial charge on any atom is -0.299 e. The van der Waals surface area contributed by atoms with Crippen molar-refractivity contribution in [2.45, 2.75) is 53.0 Å². The smallest absolute Gasteiger partial charge is 0.0184 e. The monoisotopic (exact) mass is 297 g/mol. The van der Waals surface area contributed by atoms with E-state index in [2.05, 4.69) is 62.9 Å². The molecular formula is C21H31N. The number of aryl methyl sites for hydroxylation is 1. The quantitative estimate of drug-likeness (QED) is 0.745. The molecule has 0 spiro atoms. The summed E-state index contributed by atoms with van der Waals surface area (Å²) in [6, 6.07) is 9.66. The standard InChI is InChI=1S/C21H31N/c1-5-16(3)21-19-12-15(2)14-22(21)11-10-18(13-19)20-9-7-6-8-17(20)4/h6-9,13,15-16,19,21H,5,10-12,14H2,1-4H3. The molecule has 5 atom stereocenters. The van der Waals surface area contributed by atoms with Crippen LogP contribution in [0.4, 0.5) is 0 Å². The summed E-state index contributed by atoms with van der Waals surface area (Å²) in [6.45, 7) is 12.0. The van der Waals surface area contributed by atoms with Crippen molar-refractivity contribution in [2.75, 3.05) is 13.1 Å². The second kappa shape index (κ2) is 6.58. The molecule has 1 saturated heterocycles. The summed E-state index contributed by atoms with van der Waals surface area (Å²) in [5.41, 5.74) is 4.49. The molecule has 1 aromatic carbocycles. The Morgan fingerprint density at radius 1 is 1.27 bits per heavy atom. The first-order chi connectivity index (χ1) is 10.6. The van der Waals surface area contributed by atoms with Crippen molar-refractivity contribution in [3.63, 3.8) is 0 Å². The molecular weight excluding hydrogens is 266 g/mol. The number of hydrogen-bond acceptors (Lipinski definition) is 1. The zero-order chi connectivity index (χ0) is 15.7. The maximum absolute atomic E-state index is 2.80. The molecule has 1 fully saturated rings. The van der Waals surface area contributed by atoms with Crippen LogP contribution < -0.4 is 0 Å². The molecule has 3 rings (SSSR count). The Balaban J connectivity index is 1.96. The van der Waals surface area contributed by atoms with Gasteiger partial charge in [-0.2, -0.15) is 0 Å². The maximum Gasteiger partial charge on any atom is 0.0184 e. The van der Waals surface area contributed by atoms with Gasteiger partial charge in [-0.3, -0.25) is 4.90 Å². The van der Waals surface area contributed by atoms with Gasteiger partial charge < -0.3 is 0 Å². The summed E-state index contributed by atoms with van der Waals surface area (Å²) < 4.78 is 0. The van der Waals surface area contributed by atoms with Gasteiger partial charge in [0.05, 0.1) is 0 Å². The van der Waals surface area contributed by atoms with Crippen molar-refractivity contribution in [3.05, 3.63) is 41.5 Å². The van der Waals surface area contributed by atoms with Crippen molar-refractivity contribution in [2.24, 2.45) is 17.8 Å². The van der Waals surface area contributed by atoms with Crippen molar-refractivity contribution in [1.29, 1.82) is 0 Å². The lowest BCUT2D eigenvalue weighted by atomic mass is 9.77. The molecule has 0 N–H and O–H groups in total. The lowest BCUT2D eigenvalue weighted by Gasteiger charge is -2.45. The Morgan fingerprint density at radius 3 is 2.77 bits per heavy atom. The highest BCUT2D eigenvalue weighted by Crippen LogP contribution is 2.39. The van der Waals surface area contributed by atoms with Crippen molar-refractivity contribution >= 4 is 5.57 Å². The van der Waals surface area contributed by atoms with E-state index in [1.165, 1.54) is 43.5 Å². The number of hydrogen-bond donors (Lipinski definition) is 0. The highest BCUT2D eigenvalue weighted by atomic mass is 15.2. The molecule has 5 unspecified atom stereocenters. The Morgan fingerprint density at radius 2 is 2.05 bits per heavy atom. The van der Waals surface area contributed by atoms with Gasteiger partial charge in [-0.15, -0.1) is 0 Å². The molecule has 0 saturated carbocycles. The van der Waals surface area contributed by atoms with Crippen LogP contribution in [0.15, 0.2) is 30.3 Å². The van der Waals surface area contributed by atoms with E-state index in [0.717, 1.165) is 23.8 Å². The summed E-state index contributed by atoms with van der Waals surface area (Å²) in [5, 5.41) is 0. The van der Waals surface area contributed by atoms with Crippen molar-refractivity contribution in [1.82, 2.24) is 4.90 Å². The lowest BCUT2D eigenvalue weighted by Crippen LogP contribution is -2.50. The minimum atomic E-state index is 0.732. The van der Waals surface area contributed by atoms with Crippen LogP contribution in [0.25, 0.3) is 5.57 Å². The van der Waals surface area contributed by atoms with Gasteiger partial charge in [0.1, 0.15) is 0 Å². The first kappa shape index (κ1) is 15.8. The van der Waals surface area contributed by atoms with Gasteiger partial charge in [-0.1, -0.05) is 57.5 Å². The molecule has 120 valence electrons. The molecule has 0 aromatic heterocycles. The number of piperidine rings is 1. The normalized spacial score (nSPS) is 33.0. The van der Waals surface area contributed by atoms with Gasteiger partial charge >= 0.3 is 0 Å². The van der Waals surface area contributed by atoms with Gasteiger partial charge in [-0.05, 0) is 54.2 Å². The van der Waals surface area contributed by atoms with Crippen LogP contribution in [0, 0.1) is 24.7 Å². The van der Waals surface area contributed by atoms with Crippen LogP contribution in [0.5, 0.6) is 0 Å². The van der Waals surface area contributed by atoms with Gasteiger partial charge in [-0.25, -0.2) is 0 Å². The van der Waals surface area contributed by atoms with Gasteiger partial charge in [0.2, 0.25) is 0 Å². The number of benzene rings is 1. The Kier molecular flexibility index (Phi) is 4.73. The fourth-order valence-corrected chi connectivity index (χ4v) is 4.67. The molecule has 0 amide bonds. The van der Waals surface area contributed by atoms with Gasteiger partial charge in [0.15, 0.2) is 0 Å². The van der Waals surface area contributed by atoms with E-state index in [1.807, 2.05) is 0 Å². The summed E-state index contributed by atoms with van der Waals surface area (Å²) in [4.78, 5) is 2.80. The number of rotatable bonds is 3. The molecule has 2 bridgehead atoms. The summed E-state index contributed by atoms with van der Waals surface area (Å²) >= 11 is 0. The summed E-state index contributed by atoms with van der Waals surface area (Å²) in [7, 11) is 0. The first-order valence-corrected chi connectivity index (χ1v) is 9.11. The van der Waals surface area contributed by atoms with Gasteiger partial charge in [0, 0.05) is 19.1 Å². The fourth-order valence-electron chi connectivity index (χ4n) is 4.67. The molecule has 1 heteroatoms. The van der Waals surface area contributed by atoms with Crippen LogP contribution in [0.1, 0.15) is 51.2 Å². The Labute approximate surface area is 136 Å². The maximum atomic E-state index is 2.80. The van der Waals surface area contributed by atoms with E-state index >= 15 is 0 Å². The minimum absolute atomic E-state index is 0.732. The second-order valence-electron chi connectivity index (χ2n) is 7.63. The average Bonchev–Trinajstić information content (AvgIpc) is 2.62. The largest absolute Gasteiger partial charge is 0.299 e. The summed E-state index contributed by atoms with van der Waals surface area (Å²) in [5.74, 6) is 2.36. The molecule has 2 aliphatic rings. The predicted octanol–water partition coefficient (Wildman–Crippen LogP) is 5.15. The topological polar surface area (TPSA) is 3.24 Å². The second-order valence-corrected chi connectivity index (χ2v) is 7.63. The molecule has 0 aliphatic carbocycles.